The number of nitrogens with two attached hydrogens (primary N) is 1. The van der Waals surface area contributed by atoms with Crippen molar-refractivity contribution in [3.8, 4) is 0 Å². The zero-order valence-corrected chi connectivity index (χ0v) is 8.97. The molecule has 2 nitrogen and oxygen atoms in total. The molecule has 82 valence electrons. The van der Waals surface area contributed by atoms with Gasteiger partial charge in [0, 0.05) is 4.90 Å². The van der Waals surface area contributed by atoms with Crippen LogP contribution in [-0.4, -0.2) is 10.6 Å². The molecule has 0 heterocycles. The van der Waals surface area contributed by atoms with Crippen molar-refractivity contribution in [3.63, 3.8) is 0 Å². The summed E-state index contributed by atoms with van der Waals surface area (Å²) in [6, 6.07) is 5.94. The van der Waals surface area contributed by atoms with E-state index in [2.05, 4.69) is 17.5 Å². The van der Waals surface area contributed by atoms with E-state index in [0.717, 1.165) is 0 Å². The number of nitrogens with one attached hydrogen (secondary N) is 1. The zero-order chi connectivity index (χ0) is 11.5. The Morgan fingerprint density at radius 3 is 2.47 bits per heavy atom. The molecule has 0 saturated carbocycles. The third-order valence-corrected chi connectivity index (χ3v) is 2.28. The fraction of sp³-hybridized carbons (Fsp3) is 0.125. The first kappa shape index (κ1) is 12.1. The van der Waals surface area contributed by atoms with Crippen molar-refractivity contribution >= 4 is 34.8 Å². The Labute approximate surface area is 94.0 Å². The lowest BCUT2D eigenvalue weighted by Crippen LogP contribution is -2.19. The molecule has 3 N–H and O–H groups in total. The van der Waals surface area contributed by atoms with Crippen LogP contribution in [0.1, 0.15) is 0 Å². The van der Waals surface area contributed by atoms with Crippen LogP contribution in [0.4, 0.5) is 18.9 Å². The van der Waals surface area contributed by atoms with Gasteiger partial charge in [-0.15, -0.1) is 0 Å². The molecule has 0 atom stereocenters. The third-order valence-electron chi connectivity index (χ3n) is 1.37. The van der Waals surface area contributed by atoms with E-state index < -0.39 is 5.51 Å². The Hall–Kier alpha value is -0.950. The van der Waals surface area contributed by atoms with Crippen molar-refractivity contribution in [2.45, 2.75) is 10.4 Å². The van der Waals surface area contributed by atoms with E-state index in [1.807, 2.05) is 0 Å². The average molecular weight is 252 g/mol. The largest absolute Gasteiger partial charge is 0.446 e. The molecule has 1 aromatic carbocycles. The third kappa shape index (κ3) is 4.39. The van der Waals surface area contributed by atoms with Gasteiger partial charge in [0.05, 0.1) is 5.69 Å². The van der Waals surface area contributed by atoms with E-state index in [-0.39, 0.29) is 27.5 Å². The Balaban J connectivity index is 2.91. The van der Waals surface area contributed by atoms with Crippen molar-refractivity contribution in [2.75, 3.05) is 5.32 Å². The first-order chi connectivity index (χ1) is 6.88. The van der Waals surface area contributed by atoms with Gasteiger partial charge in [-0.05, 0) is 36.1 Å². The molecule has 0 aliphatic rings. The number of thioether (sulfide) groups is 1. The smallest absolute Gasteiger partial charge is 0.376 e. The normalized spacial score (nSPS) is 11.1. The summed E-state index contributed by atoms with van der Waals surface area (Å²) >= 11 is 4.35. The fourth-order valence-electron chi connectivity index (χ4n) is 0.916. The summed E-state index contributed by atoms with van der Waals surface area (Å²) in [5.41, 5.74) is 1.12. The van der Waals surface area contributed by atoms with E-state index in [1.165, 1.54) is 18.2 Å². The maximum atomic E-state index is 12.1. The minimum Gasteiger partial charge on any atom is -0.376 e. The molecule has 0 radical (unpaired) electrons. The molecule has 1 rings (SSSR count). The van der Waals surface area contributed by atoms with Crippen LogP contribution in [0.2, 0.25) is 0 Å². The second kappa shape index (κ2) is 4.71. The summed E-state index contributed by atoms with van der Waals surface area (Å²) in [4.78, 5) is 0.0396. The summed E-state index contributed by atoms with van der Waals surface area (Å²) in [6.07, 6.45) is 0. The molecule has 0 saturated heterocycles. The van der Waals surface area contributed by atoms with Gasteiger partial charge < -0.3 is 11.1 Å². The highest BCUT2D eigenvalue weighted by molar-refractivity contribution is 8.00. The summed E-state index contributed by atoms with van der Waals surface area (Å²) in [7, 11) is 0. The number of benzene rings is 1. The van der Waals surface area contributed by atoms with Gasteiger partial charge in [0.2, 0.25) is 0 Å². The minimum absolute atomic E-state index is 0.0396. The number of hydrogen-bond donors (Lipinski definition) is 2. The molecule has 0 aliphatic carbocycles. The molecule has 0 fully saturated rings. The summed E-state index contributed by atoms with van der Waals surface area (Å²) in [5, 5.41) is 2.42. The highest BCUT2D eigenvalue weighted by Gasteiger charge is 2.30. The number of rotatable bonds is 2. The lowest BCUT2D eigenvalue weighted by molar-refractivity contribution is -0.0327. The van der Waals surface area contributed by atoms with Crippen LogP contribution in [0, 0.1) is 0 Å². The molecule has 7 heteroatoms. The minimum atomic E-state index is -4.33. The predicted molar refractivity (Wildman–Crippen MR) is 58.8 cm³/mol. The van der Waals surface area contributed by atoms with E-state index >= 15 is 0 Å². The molecule has 0 aliphatic heterocycles. The fourth-order valence-corrected chi connectivity index (χ4v) is 1.65. The van der Waals surface area contributed by atoms with Crippen molar-refractivity contribution in [1.82, 2.24) is 0 Å². The van der Waals surface area contributed by atoms with Gasteiger partial charge in [-0.2, -0.15) is 13.2 Å². The topological polar surface area (TPSA) is 38.0 Å². The van der Waals surface area contributed by atoms with Crippen LogP contribution < -0.4 is 11.1 Å². The van der Waals surface area contributed by atoms with Crippen LogP contribution in [0.5, 0.6) is 0 Å². The number of halogens is 3. The Morgan fingerprint density at radius 1 is 1.33 bits per heavy atom. The molecule has 0 unspecified atom stereocenters. The first-order valence-electron chi connectivity index (χ1n) is 3.80. The van der Waals surface area contributed by atoms with Crippen molar-refractivity contribution in [3.05, 3.63) is 24.3 Å². The van der Waals surface area contributed by atoms with Gasteiger partial charge >= 0.3 is 5.51 Å². The maximum Gasteiger partial charge on any atom is 0.446 e. The maximum absolute atomic E-state index is 12.1. The van der Waals surface area contributed by atoms with Crippen LogP contribution in [0.25, 0.3) is 0 Å². The number of hydrogen-bond acceptors (Lipinski definition) is 2. The lowest BCUT2D eigenvalue weighted by atomic mass is 10.3. The Bertz CT molecular complexity index is 365. The van der Waals surface area contributed by atoms with E-state index in [1.54, 1.807) is 6.07 Å². The van der Waals surface area contributed by atoms with Gasteiger partial charge in [0.1, 0.15) is 0 Å². The second-order valence-electron chi connectivity index (χ2n) is 2.53. The molecule has 0 spiro atoms. The predicted octanol–water partition coefficient (Wildman–Crippen LogP) is 2.95. The average Bonchev–Trinajstić information content (AvgIpc) is 2.05. The molecule has 0 bridgehead atoms. The molecule has 1 aromatic rings. The first-order valence-corrected chi connectivity index (χ1v) is 5.02. The Kier molecular flexibility index (Phi) is 3.81. The molecule has 0 amide bonds. The van der Waals surface area contributed by atoms with E-state index in [9.17, 15) is 13.2 Å². The van der Waals surface area contributed by atoms with Gasteiger partial charge in [0.25, 0.3) is 0 Å². The summed E-state index contributed by atoms with van der Waals surface area (Å²) in [6.45, 7) is 0. The van der Waals surface area contributed by atoms with Crippen LogP contribution >= 0.6 is 24.0 Å². The number of anilines is 1. The standard InChI is InChI=1S/C8H7F3N2S2/c9-8(10,11)15-6-4-2-1-3-5(6)13-7(12)14/h1-4H,(H3,12,13,14). The van der Waals surface area contributed by atoms with Gasteiger partial charge in [-0.25, -0.2) is 0 Å². The van der Waals surface area contributed by atoms with Gasteiger partial charge in [0.15, 0.2) is 5.11 Å². The number of para-hydroxylation sites is 1. The van der Waals surface area contributed by atoms with Crippen molar-refractivity contribution < 1.29 is 13.2 Å². The van der Waals surface area contributed by atoms with Crippen molar-refractivity contribution in [1.29, 1.82) is 0 Å². The molecule has 0 aromatic heterocycles. The van der Waals surface area contributed by atoms with Gasteiger partial charge in [-0.1, -0.05) is 12.1 Å². The second-order valence-corrected chi connectivity index (χ2v) is 4.08. The zero-order valence-electron chi connectivity index (χ0n) is 7.34. The van der Waals surface area contributed by atoms with E-state index in [0.29, 0.717) is 0 Å². The highest BCUT2D eigenvalue weighted by Crippen LogP contribution is 2.40. The quantitative estimate of drug-likeness (QED) is 0.627. The van der Waals surface area contributed by atoms with Gasteiger partial charge in [-0.3, -0.25) is 0 Å². The lowest BCUT2D eigenvalue weighted by Gasteiger charge is -2.11. The van der Waals surface area contributed by atoms with Crippen molar-refractivity contribution in [2.24, 2.45) is 5.73 Å². The SMILES string of the molecule is NC(=S)Nc1ccccc1SC(F)(F)F. The summed E-state index contributed by atoms with van der Waals surface area (Å²) in [5.74, 6) is 0. The molecule has 15 heavy (non-hydrogen) atoms. The van der Waals surface area contributed by atoms with E-state index in [4.69, 9.17) is 5.73 Å². The summed E-state index contributed by atoms with van der Waals surface area (Å²) < 4.78 is 36.4. The van der Waals surface area contributed by atoms with Crippen LogP contribution in [0.15, 0.2) is 29.2 Å². The van der Waals surface area contributed by atoms with Crippen LogP contribution in [-0.2, 0) is 0 Å². The highest BCUT2D eigenvalue weighted by atomic mass is 32.2. The molecular weight excluding hydrogens is 245 g/mol. The number of alkyl halides is 3. The van der Waals surface area contributed by atoms with Crippen LogP contribution in [0.3, 0.4) is 0 Å². The monoisotopic (exact) mass is 252 g/mol. The Morgan fingerprint density at radius 2 is 1.93 bits per heavy atom. The number of thiocarbonyl (C=S) groups is 1. The molecular formula is C8H7F3N2S2.